The van der Waals surface area contributed by atoms with Crippen molar-refractivity contribution in [3.05, 3.63) is 52.6 Å². The van der Waals surface area contributed by atoms with Crippen LogP contribution in [0.1, 0.15) is 34.9 Å². The van der Waals surface area contributed by atoms with Crippen LogP contribution in [0.15, 0.2) is 30.5 Å². The van der Waals surface area contributed by atoms with Gasteiger partial charge in [0.2, 0.25) is 0 Å². The van der Waals surface area contributed by atoms with Crippen LogP contribution in [0.2, 0.25) is 5.02 Å². The van der Waals surface area contributed by atoms with E-state index in [9.17, 15) is 9.18 Å². The molecule has 3 rings (SSSR count). The lowest BCUT2D eigenvalue weighted by Gasteiger charge is -2.24. The van der Waals surface area contributed by atoms with Crippen LogP contribution in [0.3, 0.4) is 0 Å². The molecule has 21 heavy (non-hydrogen) atoms. The number of amides is 1. The minimum Gasteiger partial charge on any atom is -0.330 e. The number of aryl methyl sites for hydroxylation is 1. The van der Waals surface area contributed by atoms with Crippen molar-refractivity contribution in [2.24, 2.45) is 7.05 Å². The van der Waals surface area contributed by atoms with Gasteiger partial charge in [-0.1, -0.05) is 29.8 Å². The second-order valence-electron chi connectivity index (χ2n) is 5.18. The third-order valence-electron chi connectivity index (χ3n) is 3.76. The van der Waals surface area contributed by atoms with E-state index >= 15 is 0 Å². The summed E-state index contributed by atoms with van der Waals surface area (Å²) in [5, 5.41) is 4.43. The fourth-order valence-corrected chi connectivity index (χ4v) is 3.08. The highest BCUT2D eigenvalue weighted by atomic mass is 35.5. The van der Waals surface area contributed by atoms with Crippen LogP contribution in [-0.2, 0) is 7.05 Å². The molecule has 0 saturated carbocycles. The topological polar surface area (TPSA) is 38.1 Å². The second kappa shape index (κ2) is 5.48. The SMILES string of the molecule is Cn1cc(Cl)c(C(=O)N2CCC[C@H]2c2ccccc2F)n1. The largest absolute Gasteiger partial charge is 0.330 e. The Morgan fingerprint density at radius 1 is 1.43 bits per heavy atom. The predicted octanol–water partition coefficient (Wildman–Crippen LogP) is 3.19. The maximum atomic E-state index is 14.0. The summed E-state index contributed by atoms with van der Waals surface area (Å²) in [6.07, 6.45) is 3.18. The number of halogens is 2. The van der Waals surface area contributed by atoms with Crippen molar-refractivity contribution in [3.8, 4) is 0 Å². The van der Waals surface area contributed by atoms with Gasteiger partial charge in [0, 0.05) is 25.4 Å². The Balaban J connectivity index is 1.93. The van der Waals surface area contributed by atoms with E-state index in [2.05, 4.69) is 5.10 Å². The van der Waals surface area contributed by atoms with Crippen LogP contribution in [0.25, 0.3) is 0 Å². The zero-order chi connectivity index (χ0) is 15.0. The predicted molar refractivity (Wildman–Crippen MR) is 77.6 cm³/mol. The van der Waals surface area contributed by atoms with Crippen LogP contribution in [0, 0.1) is 5.82 Å². The van der Waals surface area contributed by atoms with Gasteiger partial charge in [-0.2, -0.15) is 5.10 Å². The van der Waals surface area contributed by atoms with E-state index in [0.29, 0.717) is 17.1 Å². The molecule has 2 heterocycles. The van der Waals surface area contributed by atoms with Crippen molar-refractivity contribution in [2.45, 2.75) is 18.9 Å². The van der Waals surface area contributed by atoms with Gasteiger partial charge in [-0.25, -0.2) is 4.39 Å². The number of likely N-dealkylation sites (tertiary alicyclic amines) is 1. The van der Waals surface area contributed by atoms with E-state index in [1.165, 1.54) is 10.7 Å². The van der Waals surface area contributed by atoms with Gasteiger partial charge in [-0.15, -0.1) is 0 Å². The Bertz CT molecular complexity index is 685. The zero-order valence-electron chi connectivity index (χ0n) is 11.6. The van der Waals surface area contributed by atoms with Crippen molar-refractivity contribution in [2.75, 3.05) is 6.54 Å². The molecule has 1 aromatic heterocycles. The third-order valence-corrected chi connectivity index (χ3v) is 4.04. The number of carbonyl (C=O) groups excluding carboxylic acids is 1. The van der Waals surface area contributed by atoms with Crippen molar-refractivity contribution in [1.29, 1.82) is 0 Å². The second-order valence-corrected chi connectivity index (χ2v) is 5.58. The average Bonchev–Trinajstić information content (AvgIpc) is 3.05. The van der Waals surface area contributed by atoms with Crippen molar-refractivity contribution in [1.82, 2.24) is 14.7 Å². The molecule has 0 bridgehead atoms. The van der Waals surface area contributed by atoms with Gasteiger partial charge in [0.05, 0.1) is 11.1 Å². The number of nitrogens with zero attached hydrogens (tertiary/aromatic N) is 3. The fourth-order valence-electron chi connectivity index (χ4n) is 2.82. The minimum atomic E-state index is -0.283. The minimum absolute atomic E-state index is 0.224. The van der Waals surface area contributed by atoms with Crippen molar-refractivity contribution < 1.29 is 9.18 Å². The Labute approximate surface area is 127 Å². The highest BCUT2D eigenvalue weighted by molar-refractivity contribution is 6.33. The van der Waals surface area contributed by atoms with Crippen LogP contribution in [-0.4, -0.2) is 27.1 Å². The number of hydrogen-bond acceptors (Lipinski definition) is 2. The number of rotatable bonds is 2. The Morgan fingerprint density at radius 2 is 2.19 bits per heavy atom. The standard InChI is InChI=1S/C15H15ClFN3O/c1-19-9-11(16)14(18-19)15(21)20-8-4-7-13(20)10-5-2-3-6-12(10)17/h2-3,5-6,9,13H,4,7-8H2,1H3/t13-/m0/s1. The van der Waals surface area contributed by atoms with Gasteiger partial charge in [-0.05, 0) is 18.9 Å². The first kappa shape index (κ1) is 14.1. The van der Waals surface area contributed by atoms with E-state index < -0.39 is 0 Å². The maximum absolute atomic E-state index is 14.0. The first-order chi connectivity index (χ1) is 10.1. The van der Waals surface area contributed by atoms with Crippen molar-refractivity contribution in [3.63, 3.8) is 0 Å². The molecule has 1 atom stereocenters. The number of carbonyl (C=O) groups is 1. The Morgan fingerprint density at radius 3 is 2.86 bits per heavy atom. The molecule has 0 unspecified atom stereocenters. The molecule has 0 N–H and O–H groups in total. The van der Waals surface area contributed by atoms with Gasteiger partial charge in [0.25, 0.3) is 5.91 Å². The molecule has 1 fully saturated rings. The van der Waals surface area contributed by atoms with E-state index in [0.717, 1.165) is 12.8 Å². The molecule has 4 nitrogen and oxygen atoms in total. The quantitative estimate of drug-likeness (QED) is 0.854. The summed E-state index contributed by atoms with van der Waals surface area (Å²) in [5.74, 6) is -0.527. The maximum Gasteiger partial charge on any atom is 0.276 e. The lowest BCUT2D eigenvalue weighted by atomic mass is 10.0. The fraction of sp³-hybridized carbons (Fsp3) is 0.333. The summed E-state index contributed by atoms with van der Waals surface area (Å²) in [7, 11) is 1.71. The lowest BCUT2D eigenvalue weighted by molar-refractivity contribution is 0.0727. The van der Waals surface area contributed by atoms with Crippen LogP contribution >= 0.6 is 11.6 Å². The molecule has 1 saturated heterocycles. The Hall–Kier alpha value is -1.88. The van der Waals surface area contributed by atoms with Gasteiger partial charge in [0.15, 0.2) is 5.69 Å². The summed E-state index contributed by atoms with van der Waals surface area (Å²) >= 11 is 6.04. The highest BCUT2D eigenvalue weighted by Crippen LogP contribution is 2.34. The normalized spacial score (nSPS) is 18.2. The number of aromatic nitrogens is 2. The molecule has 1 aliphatic rings. The van der Waals surface area contributed by atoms with Gasteiger partial charge >= 0.3 is 0 Å². The van der Waals surface area contributed by atoms with Gasteiger partial charge < -0.3 is 4.90 Å². The van der Waals surface area contributed by atoms with Gasteiger partial charge in [0.1, 0.15) is 5.82 Å². The smallest absolute Gasteiger partial charge is 0.276 e. The number of benzene rings is 1. The first-order valence-corrected chi connectivity index (χ1v) is 7.20. The number of hydrogen-bond donors (Lipinski definition) is 0. The monoisotopic (exact) mass is 307 g/mol. The van der Waals surface area contributed by atoms with E-state index in [1.807, 2.05) is 0 Å². The van der Waals surface area contributed by atoms with E-state index in [4.69, 9.17) is 11.6 Å². The summed E-state index contributed by atoms with van der Waals surface area (Å²) < 4.78 is 15.5. The van der Waals surface area contributed by atoms with Crippen molar-refractivity contribution >= 4 is 17.5 Å². The molecule has 2 aromatic rings. The van der Waals surface area contributed by atoms with Crippen LogP contribution < -0.4 is 0 Å². The molecule has 1 aromatic carbocycles. The lowest BCUT2D eigenvalue weighted by Crippen LogP contribution is -2.31. The molecular weight excluding hydrogens is 293 g/mol. The zero-order valence-corrected chi connectivity index (χ0v) is 12.3. The average molecular weight is 308 g/mol. The summed E-state index contributed by atoms with van der Waals surface area (Å²) in [6.45, 7) is 0.588. The molecule has 0 radical (unpaired) electrons. The van der Waals surface area contributed by atoms with Gasteiger partial charge in [-0.3, -0.25) is 9.48 Å². The molecule has 6 heteroatoms. The summed E-state index contributed by atoms with van der Waals surface area (Å²) in [5.41, 5.74) is 0.776. The molecular formula is C15H15ClFN3O. The molecule has 0 spiro atoms. The third kappa shape index (κ3) is 2.53. The molecule has 1 aliphatic heterocycles. The summed E-state index contributed by atoms with van der Waals surface area (Å²) in [4.78, 5) is 14.3. The van der Waals surface area contributed by atoms with E-state index in [1.54, 1.807) is 36.3 Å². The molecule has 1 amide bonds. The Kier molecular flexibility index (Phi) is 3.68. The van der Waals surface area contributed by atoms with E-state index in [-0.39, 0.29) is 23.5 Å². The molecule has 0 aliphatic carbocycles. The van der Waals surface area contributed by atoms with Crippen LogP contribution in [0.4, 0.5) is 4.39 Å². The van der Waals surface area contributed by atoms with Crippen LogP contribution in [0.5, 0.6) is 0 Å². The summed E-state index contributed by atoms with van der Waals surface area (Å²) in [6, 6.07) is 6.33. The molecule has 110 valence electrons. The highest BCUT2D eigenvalue weighted by Gasteiger charge is 2.34. The first-order valence-electron chi connectivity index (χ1n) is 6.82.